The second kappa shape index (κ2) is 9.84. The molecule has 2 N–H and O–H groups in total. The number of amides is 1. The minimum atomic E-state index is -4.10. The van der Waals surface area contributed by atoms with E-state index in [4.69, 9.17) is 16.3 Å². The Hall–Kier alpha value is -3.36. The van der Waals surface area contributed by atoms with E-state index in [1.165, 1.54) is 31.2 Å². The highest BCUT2D eigenvalue weighted by Crippen LogP contribution is 2.25. The Morgan fingerprint density at radius 2 is 1.62 bits per heavy atom. The van der Waals surface area contributed by atoms with Crippen LogP contribution in [0.5, 0.6) is 5.75 Å². The van der Waals surface area contributed by atoms with E-state index in [9.17, 15) is 18.0 Å². The molecular formula is C23H21ClN2O5S. The summed E-state index contributed by atoms with van der Waals surface area (Å²) in [7, 11) is -4.10. The van der Waals surface area contributed by atoms with Crippen molar-refractivity contribution in [1.82, 2.24) is 4.72 Å². The quantitative estimate of drug-likeness (QED) is 0.392. The molecule has 0 spiro atoms. The van der Waals surface area contributed by atoms with E-state index in [1.54, 1.807) is 30.3 Å². The van der Waals surface area contributed by atoms with Crippen molar-refractivity contribution in [3.8, 4) is 5.75 Å². The summed E-state index contributed by atoms with van der Waals surface area (Å²) in [6, 6.07) is 17.8. The average Bonchev–Trinajstić information content (AvgIpc) is 2.73. The van der Waals surface area contributed by atoms with Crippen LogP contribution in [0.25, 0.3) is 0 Å². The maximum absolute atomic E-state index is 12.7. The molecule has 0 heterocycles. The standard InChI is InChI=1S/C23H21ClN2O5S/c1-15-3-10-20(11-4-15)32(29,30)26-23(28)21-12-9-19(13-22(21)31-16(2)27)25-14-17-5-7-18(24)8-6-17/h3-13,25H,14H2,1-2H3,(H,26,28). The Labute approximate surface area is 191 Å². The highest BCUT2D eigenvalue weighted by molar-refractivity contribution is 7.90. The van der Waals surface area contributed by atoms with E-state index in [2.05, 4.69) is 5.32 Å². The molecule has 3 aromatic rings. The van der Waals surface area contributed by atoms with Gasteiger partial charge in [0.15, 0.2) is 0 Å². The lowest BCUT2D eigenvalue weighted by molar-refractivity contribution is -0.131. The van der Waals surface area contributed by atoms with Gasteiger partial charge in [-0.1, -0.05) is 41.4 Å². The van der Waals surface area contributed by atoms with E-state index < -0.39 is 21.9 Å². The molecule has 0 saturated carbocycles. The van der Waals surface area contributed by atoms with Gasteiger partial charge in [-0.25, -0.2) is 13.1 Å². The third kappa shape index (κ3) is 6.09. The lowest BCUT2D eigenvalue weighted by atomic mass is 10.1. The van der Waals surface area contributed by atoms with Crippen LogP contribution in [-0.4, -0.2) is 20.3 Å². The smallest absolute Gasteiger partial charge is 0.308 e. The fourth-order valence-electron chi connectivity index (χ4n) is 2.82. The van der Waals surface area contributed by atoms with Crippen LogP contribution < -0.4 is 14.8 Å². The summed E-state index contributed by atoms with van der Waals surface area (Å²) in [6.07, 6.45) is 0. The zero-order valence-electron chi connectivity index (χ0n) is 17.4. The van der Waals surface area contributed by atoms with Gasteiger partial charge in [0.1, 0.15) is 5.75 Å². The van der Waals surface area contributed by atoms with E-state index in [0.29, 0.717) is 17.3 Å². The number of halogens is 1. The molecule has 3 rings (SSSR count). The summed E-state index contributed by atoms with van der Waals surface area (Å²) in [5.74, 6) is -1.61. The normalized spacial score (nSPS) is 11.0. The van der Waals surface area contributed by atoms with Crippen LogP contribution in [0.2, 0.25) is 5.02 Å². The second-order valence-electron chi connectivity index (χ2n) is 7.03. The minimum Gasteiger partial charge on any atom is -0.426 e. The van der Waals surface area contributed by atoms with Gasteiger partial charge in [-0.15, -0.1) is 0 Å². The van der Waals surface area contributed by atoms with Gasteiger partial charge >= 0.3 is 5.97 Å². The SMILES string of the molecule is CC(=O)Oc1cc(NCc2ccc(Cl)cc2)ccc1C(=O)NS(=O)(=O)c1ccc(C)cc1. The van der Waals surface area contributed by atoms with E-state index in [1.807, 2.05) is 23.8 Å². The van der Waals surface area contributed by atoms with Crippen LogP contribution in [-0.2, 0) is 21.4 Å². The highest BCUT2D eigenvalue weighted by Gasteiger charge is 2.22. The number of rotatable bonds is 7. The number of esters is 1. The summed E-state index contributed by atoms with van der Waals surface area (Å²) in [6.45, 7) is 3.48. The second-order valence-corrected chi connectivity index (χ2v) is 9.15. The molecule has 166 valence electrons. The molecule has 0 aliphatic carbocycles. The Morgan fingerprint density at radius 1 is 0.969 bits per heavy atom. The number of nitrogens with one attached hydrogen (secondary N) is 2. The van der Waals surface area contributed by atoms with Crippen molar-refractivity contribution in [3.05, 3.63) is 88.4 Å². The van der Waals surface area contributed by atoms with Gasteiger partial charge < -0.3 is 10.1 Å². The van der Waals surface area contributed by atoms with Gasteiger partial charge in [0.2, 0.25) is 0 Å². The Balaban J connectivity index is 1.81. The molecule has 0 aliphatic rings. The molecule has 32 heavy (non-hydrogen) atoms. The summed E-state index contributed by atoms with van der Waals surface area (Å²) < 4.78 is 32.3. The van der Waals surface area contributed by atoms with Crippen molar-refractivity contribution in [2.75, 3.05) is 5.32 Å². The molecule has 0 atom stereocenters. The molecule has 0 bridgehead atoms. The number of sulfonamides is 1. The molecule has 7 nitrogen and oxygen atoms in total. The molecule has 0 aromatic heterocycles. The maximum Gasteiger partial charge on any atom is 0.308 e. The third-order valence-corrected chi connectivity index (χ3v) is 6.05. The zero-order chi connectivity index (χ0) is 23.3. The first kappa shape index (κ1) is 23.3. The highest BCUT2D eigenvalue weighted by atomic mass is 35.5. The van der Waals surface area contributed by atoms with Crippen molar-refractivity contribution < 1.29 is 22.7 Å². The van der Waals surface area contributed by atoms with Gasteiger partial charge in [0.25, 0.3) is 15.9 Å². The lowest BCUT2D eigenvalue weighted by Gasteiger charge is -2.13. The number of hydrogen-bond donors (Lipinski definition) is 2. The lowest BCUT2D eigenvalue weighted by Crippen LogP contribution is -2.31. The maximum atomic E-state index is 12.7. The van der Waals surface area contributed by atoms with Crippen molar-refractivity contribution in [2.45, 2.75) is 25.3 Å². The molecule has 0 radical (unpaired) electrons. The molecule has 0 aliphatic heterocycles. The Bertz CT molecular complexity index is 1240. The van der Waals surface area contributed by atoms with Crippen molar-refractivity contribution >= 4 is 39.2 Å². The predicted molar refractivity (Wildman–Crippen MR) is 122 cm³/mol. The molecule has 0 saturated heterocycles. The number of hydrogen-bond acceptors (Lipinski definition) is 6. The average molecular weight is 473 g/mol. The number of aryl methyl sites for hydroxylation is 1. The van der Waals surface area contributed by atoms with E-state index in [0.717, 1.165) is 11.1 Å². The van der Waals surface area contributed by atoms with Gasteiger partial charge in [0.05, 0.1) is 10.5 Å². The van der Waals surface area contributed by atoms with Gasteiger partial charge in [-0.3, -0.25) is 9.59 Å². The molecule has 9 heteroatoms. The predicted octanol–water partition coefficient (Wildman–Crippen LogP) is 4.30. The fraction of sp³-hybridized carbons (Fsp3) is 0.130. The number of anilines is 1. The van der Waals surface area contributed by atoms with Crippen LogP contribution >= 0.6 is 11.6 Å². The number of benzene rings is 3. The van der Waals surface area contributed by atoms with E-state index >= 15 is 0 Å². The van der Waals surface area contributed by atoms with Crippen LogP contribution in [0.3, 0.4) is 0 Å². The van der Waals surface area contributed by atoms with Gasteiger partial charge in [0, 0.05) is 30.2 Å². The van der Waals surface area contributed by atoms with Crippen LogP contribution in [0, 0.1) is 6.92 Å². The van der Waals surface area contributed by atoms with Crippen LogP contribution in [0.1, 0.15) is 28.4 Å². The first-order chi connectivity index (χ1) is 15.1. The monoisotopic (exact) mass is 472 g/mol. The largest absolute Gasteiger partial charge is 0.426 e. The molecule has 0 unspecified atom stereocenters. The zero-order valence-corrected chi connectivity index (χ0v) is 19.0. The summed E-state index contributed by atoms with van der Waals surface area (Å²) in [5, 5.41) is 3.78. The minimum absolute atomic E-state index is 0.0493. The molecule has 3 aromatic carbocycles. The van der Waals surface area contributed by atoms with Crippen molar-refractivity contribution in [1.29, 1.82) is 0 Å². The summed E-state index contributed by atoms with van der Waals surface area (Å²) >= 11 is 5.89. The van der Waals surface area contributed by atoms with Crippen molar-refractivity contribution in [2.24, 2.45) is 0 Å². The number of carbonyl (C=O) groups is 2. The molecule has 1 amide bonds. The van der Waals surface area contributed by atoms with Gasteiger partial charge in [-0.05, 0) is 48.9 Å². The Morgan fingerprint density at radius 3 is 2.25 bits per heavy atom. The fourth-order valence-corrected chi connectivity index (χ4v) is 3.91. The summed E-state index contributed by atoms with van der Waals surface area (Å²) in [5.41, 5.74) is 2.34. The molecular weight excluding hydrogens is 452 g/mol. The third-order valence-electron chi connectivity index (χ3n) is 4.45. The van der Waals surface area contributed by atoms with Gasteiger partial charge in [-0.2, -0.15) is 0 Å². The van der Waals surface area contributed by atoms with E-state index in [-0.39, 0.29) is 16.2 Å². The number of carbonyl (C=O) groups excluding carboxylic acids is 2. The molecule has 0 fully saturated rings. The topological polar surface area (TPSA) is 102 Å². The van der Waals surface area contributed by atoms with Crippen molar-refractivity contribution in [3.63, 3.8) is 0 Å². The first-order valence-electron chi connectivity index (χ1n) is 9.58. The van der Waals surface area contributed by atoms with Crippen LogP contribution in [0.15, 0.2) is 71.6 Å². The summed E-state index contributed by atoms with van der Waals surface area (Å²) in [4.78, 5) is 24.2. The van der Waals surface area contributed by atoms with Crippen LogP contribution in [0.4, 0.5) is 5.69 Å². The number of ether oxygens (including phenoxy) is 1. The first-order valence-corrected chi connectivity index (χ1v) is 11.4. The Kier molecular flexibility index (Phi) is 7.17.